The van der Waals surface area contributed by atoms with Crippen LogP contribution >= 0.6 is 0 Å². The smallest absolute Gasteiger partial charge is 0.239 e. The summed E-state index contributed by atoms with van der Waals surface area (Å²) in [7, 11) is 1.81. The highest BCUT2D eigenvalue weighted by Crippen LogP contribution is 2.33. The highest BCUT2D eigenvalue weighted by Gasteiger charge is 2.39. The van der Waals surface area contributed by atoms with Crippen LogP contribution < -0.4 is 10.6 Å². The molecule has 1 saturated carbocycles. The van der Waals surface area contributed by atoms with Gasteiger partial charge in [0, 0.05) is 6.04 Å². The Morgan fingerprint density at radius 1 is 1.54 bits per heavy atom. The predicted molar refractivity (Wildman–Crippen MR) is 53.5 cm³/mol. The first-order valence-corrected chi connectivity index (χ1v) is 5.01. The Morgan fingerprint density at radius 3 is 2.54 bits per heavy atom. The summed E-state index contributed by atoms with van der Waals surface area (Å²) in [6, 6.07) is 0.435. The molecule has 0 bridgehead atoms. The third-order valence-electron chi connectivity index (χ3n) is 2.96. The van der Waals surface area contributed by atoms with Crippen molar-refractivity contribution in [2.45, 2.75) is 45.2 Å². The van der Waals surface area contributed by atoms with Crippen molar-refractivity contribution in [2.24, 2.45) is 5.92 Å². The molecule has 1 amide bonds. The summed E-state index contributed by atoms with van der Waals surface area (Å²) in [5.41, 5.74) is -0.444. The summed E-state index contributed by atoms with van der Waals surface area (Å²) < 4.78 is 0. The topological polar surface area (TPSA) is 41.1 Å². The molecule has 2 unspecified atom stereocenters. The maximum Gasteiger partial charge on any atom is 0.239 e. The third kappa shape index (κ3) is 2.44. The second-order valence-corrected chi connectivity index (χ2v) is 4.36. The zero-order chi connectivity index (χ0) is 10.1. The molecule has 3 heteroatoms. The first kappa shape index (κ1) is 10.5. The van der Waals surface area contributed by atoms with Gasteiger partial charge in [0.25, 0.3) is 0 Å². The minimum atomic E-state index is -0.444. The fourth-order valence-electron chi connectivity index (χ4n) is 1.34. The van der Waals surface area contributed by atoms with Crippen molar-refractivity contribution in [3.63, 3.8) is 0 Å². The SMILES string of the molecule is CCC1CC1NC(=O)C(C)(C)NC. The van der Waals surface area contributed by atoms with Crippen molar-refractivity contribution in [2.75, 3.05) is 7.05 Å². The minimum Gasteiger partial charge on any atom is -0.351 e. The summed E-state index contributed by atoms with van der Waals surface area (Å²) in [5, 5.41) is 6.04. The number of hydrogen-bond acceptors (Lipinski definition) is 2. The number of rotatable bonds is 4. The summed E-state index contributed by atoms with van der Waals surface area (Å²) >= 11 is 0. The van der Waals surface area contributed by atoms with Crippen molar-refractivity contribution >= 4 is 5.91 Å². The maximum atomic E-state index is 11.6. The van der Waals surface area contributed by atoms with E-state index in [0.29, 0.717) is 6.04 Å². The van der Waals surface area contributed by atoms with Gasteiger partial charge in [-0.05, 0) is 33.2 Å². The Bertz CT molecular complexity index is 201. The van der Waals surface area contributed by atoms with Crippen molar-refractivity contribution < 1.29 is 4.79 Å². The molecule has 2 atom stereocenters. The van der Waals surface area contributed by atoms with Gasteiger partial charge >= 0.3 is 0 Å². The maximum absolute atomic E-state index is 11.6. The number of amides is 1. The molecular formula is C10H20N2O. The van der Waals surface area contributed by atoms with E-state index in [-0.39, 0.29) is 5.91 Å². The van der Waals surface area contributed by atoms with E-state index in [0.717, 1.165) is 12.3 Å². The van der Waals surface area contributed by atoms with Gasteiger partial charge in [0.05, 0.1) is 5.54 Å². The number of nitrogens with one attached hydrogen (secondary N) is 2. The second-order valence-electron chi connectivity index (χ2n) is 4.36. The van der Waals surface area contributed by atoms with Crippen LogP contribution in [-0.4, -0.2) is 24.5 Å². The molecule has 0 radical (unpaired) electrons. The van der Waals surface area contributed by atoms with Crippen LogP contribution in [0.5, 0.6) is 0 Å². The summed E-state index contributed by atoms with van der Waals surface area (Å²) in [6.45, 7) is 5.96. The molecule has 0 saturated heterocycles. The summed E-state index contributed by atoms with van der Waals surface area (Å²) in [5.74, 6) is 0.826. The Hall–Kier alpha value is -0.570. The van der Waals surface area contributed by atoms with E-state index in [9.17, 15) is 4.79 Å². The van der Waals surface area contributed by atoms with Crippen LogP contribution in [0.2, 0.25) is 0 Å². The third-order valence-corrected chi connectivity index (χ3v) is 2.96. The van der Waals surface area contributed by atoms with Gasteiger partial charge in [0.15, 0.2) is 0 Å². The molecule has 76 valence electrons. The van der Waals surface area contributed by atoms with Gasteiger partial charge in [0.2, 0.25) is 5.91 Å². The molecule has 0 aliphatic heterocycles. The van der Waals surface area contributed by atoms with Crippen LogP contribution in [-0.2, 0) is 4.79 Å². The molecule has 1 fully saturated rings. The lowest BCUT2D eigenvalue weighted by Gasteiger charge is -2.22. The molecule has 2 N–H and O–H groups in total. The largest absolute Gasteiger partial charge is 0.351 e. The molecule has 1 aliphatic carbocycles. The van der Waals surface area contributed by atoms with E-state index in [4.69, 9.17) is 0 Å². The van der Waals surface area contributed by atoms with Crippen LogP contribution in [0.15, 0.2) is 0 Å². The molecule has 0 heterocycles. The number of hydrogen-bond donors (Lipinski definition) is 2. The van der Waals surface area contributed by atoms with Gasteiger partial charge in [-0.3, -0.25) is 4.79 Å². The highest BCUT2D eigenvalue weighted by molar-refractivity contribution is 5.85. The van der Waals surface area contributed by atoms with Crippen LogP contribution in [0.1, 0.15) is 33.6 Å². The average Bonchev–Trinajstić information content (AvgIpc) is 2.83. The number of carbonyl (C=O) groups excluding carboxylic acids is 1. The van der Waals surface area contributed by atoms with Crippen molar-refractivity contribution in [1.29, 1.82) is 0 Å². The van der Waals surface area contributed by atoms with E-state index in [2.05, 4.69) is 17.6 Å². The zero-order valence-corrected chi connectivity index (χ0v) is 8.98. The quantitative estimate of drug-likeness (QED) is 0.681. The van der Waals surface area contributed by atoms with Crippen LogP contribution in [0.25, 0.3) is 0 Å². The van der Waals surface area contributed by atoms with Gasteiger partial charge in [-0.25, -0.2) is 0 Å². The lowest BCUT2D eigenvalue weighted by Crippen LogP contribution is -2.51. The molecule has 13 heavy (non-hydrogen) atoms. The fourth-order valence-corrected chi connectivity index (χ4v) is 1.34. The van der Waals surface area contributed by atoms with Crippen molar-refractivity contribution in [3.05, 3.63) is 0 Å². The van der Waals surface area contributed by atoms with Gasteiger partial charge in [-0.2, -0.15) is 0 Å². The molecule has 1 rings (SSSR count). The zero-order valence-electron chi connectivity index (χ0n) is 8.98. The Kier molecular flexibility index (Phi) is 2.96. The minimum absolute atomic E-state index is 0.107. The lowest BCUT2D eigenvalue weighted by molar-refractivity contribution is -0.126. The average molecular weight is 184 g/mol. The molecular weight excluding hydrogens is 164 g/mol. The summed E-state index contributed by atoms with van der Waals surface area (Å²) in [6.07, 6.45) is 2.33. The predicted octanol–water partition coefficient (Wildman–Crippen LogP) is 0.899. The van der Waals surface area contributed by atoms with Gasteiger partial charge in [0.1, 0.15) is 0 Å². The van der Waals surface area contributed by atoms with Crippen molar-refractivity contribution in [3.8, 4) is 0 Å². The normalized spacial score (nSPS) is 27.1. The first-order chi connectivity index (χ1) is 6.01. The Labute approximate surface area is 80.3 Å². The van der Waals surface area contributed by atoms with Crippen molar-refractivity contribution in [1.82, 2.24) is 10.6 Å². The number of likely N-dealkylation sites (N-methyl/N-ethyl adjacent to an activating group) is 1. The molecule has 0 aromatic rings. The fraction of sp³-hybridized carbons (Fsp3) is 0.900. The lowest BCUT2D eigenvalue weighted by atomic mass is 10.1. The first-order valence-electron chi connectivity index (χ1n) is 5.01. The van der Waals surface area contributed by atoms with Crippen LogP contribution in [0.4, 0.5) is 0 Å². The second kappa shape index (κ2) is 3.66. The Morgan fingerprint density at radius 2 is 2.15 bits per heavy atom. The van der Waals surface area contributed by atoms with E-state index in [1.807, 2.05) is 20.9 Å². The van der Waals surface area contributed by atoms with Crippen LogP contribution in [0, 0.1) is 5.92 Å². The van der Waals surface area contributed by atoms with E-state index in [1.54, 1.807) is 0 Å². The monoisotopic (exact) mass is 184 g/mol. The molecule has 0 aromatic carbocycles. The molecule has 0 aromatic heterocycles. The van der Waals surface area contributed by atoms with E-state index in [1.165, 1.54) is 6.42 Å². The van der Waals surface area contributed by atoms with E-state index < -0.39 is 5.54 Å². The molecule has 1 aliphatic rings. The Balaban J connectivity index is 2.34. The highest BCUT2D eigenvalue weighted by atomic mass is 16.2. The van der Waals surface area contributed by atoms with Gasteiger partial charge < -0.3 is 10.6 Å². The molecule has 0 spiro atoms. The summed E-state index contributed by atoms with van der Waals surface area (Å²) in [4.78, 5) is 11.6. The standard InChI is InChI=1S/C10H20N2O/c1-5-7-6-8(7)12-9(13)10(2,3)11-4/h7-8,11H,5-6H2,1-4H3,(H,12,13). The number of carbonyl (C=O) groups is 1. The van der Waals surface area contributed by atoms with Gasteiger partial charge in [-0.1, -0.05) is 13.3 Å². The van der Waals surface area contributed by atoms with E-state index >= 15 is 0 Å². The van der Waals surface area contributed by atoms with Crippen LogP contribution in [0.3, 0.4) is 0 Å². The molecule has 3 nitrogen and oxygen atoms in total. The van der Waals surface area contributed by atoms with Gasteiger partial charge in [-0.15, -0.1) is 0 Å².